The highest BCUT2D eigenvalue weighted by Gasteiger charge is 2.10. The topological polar surface area (TPSA) is 68.1 Å². The molecule has 3 aromatic rings. The zero-order valence-corrected chi connectivity index (χ0v) is 12.0. The van der Waals surface area contributed by atoms with Gasteiger partial charge in [0.25, 0.3) is 5.69 Å². The molecule has 110 valence electrons. The van der Waals surface area contributed by atoms with Crippen molar-refractivity contribution in [1.82, 2.24) is 4.98 Å². The van der Waals surface area contributed by atoms with Crippen LogP contribution in [0.5, 0.6) is 0 Å². The van der Waals surface area contributed by atoms with Gasteiger partial charge < -0.3 is 5.32 Å². The number of non-ortho nitro benzene ring substituents is 1. The standard InChI is InChI=1S/C15H10FN3O2S/c16-12-6-1-2-7-13(12)17-15-18-14(9-22-15)10-4-3-5-11(8-10)19(20)21/h1-9H,(H,17,18). The lowest BCUT2D eigenvalue weighted by Gasteiger charge is -2.03. The van der Waals surface area contributed by atoms with Gasteiger partial charge in [-0.25, -0.2) is 9.37 Å². The summed E-state index contributed by atoms with van der Waals surface area (Å²) in [6, 6.07) is 12.5. The second-order valence-corrected chi connectivity index (χ2v) is 5.31. The molecule has 0 bridgehead atoms. The van der Waals surface area contributed by atoms with Gasteiger partial charge in [-0.2, -0.15) is 0 Å². The number of hydrogen-bond acceptors (Lipinski definition) is 5. The molecule has 0 aliphatic heterocycles. The minimum atomic E-state index is -0.450. The molecule has 0 fully saturated rings. The highest BCUT2D eigenvalue weighted by atomic mass is 32.1. The quantitative estimate of drug-likeness (QED) is 0.564. The molecular weight excluding hydrogens is 305 g/mol. The monoisotopic (exact) mass is 315 g/mol. The molecule has 3 rings (SSSR count). The van der Waals surface area contributed by atoms with Gasteiger partial charge in [0, 0.05) is 23.1 Å². The number of nitro groups is 1. The van der Waals surface area contributed by atoms with E-state index in [0.717, 1.165) is 0 Å². The minimum Gasteiger partial charge on any atom is -0.329 e. The van der Waals surface area contributed by atoms with E-state index in [0.29, 0.717) is 22.1 Å². The van der Waals surface area contributed by atoms with Crippen LogP contribution in [-0.2, 0) is 0 Å². The molecule has 0 aliphatic carbocycles. The van der Waals surface area contributed by atoms with Crippen molar-refractivity contribution in [3.8, 4) is 11.3 Å². The molecule has 22 heavy (non-hydrogen) atoms. The van der Waals surface area contributed by atoms with E-state index in [9.17, 15) is 14.5 Å². The van der Waals surface area contributed by atoms with Crippen LogP contribution in [0.3, 0.4) is 0 Å². The summed E-state index contributed by atoms with van der Waals surface area (Å²) in [7, 11) is 0. The molecule has 1 aromatic heterocycles. The zero-order valence-electron chi connectivity index (χ0n) is 11.2. The largest absolute Gasteiger partial charge is 0.329 e. The summed E-state index contributed by atoms with van der Waals surface area (Å²) in [6.07, 6.45) is 0. The molecule has 5 nitrogen and oxygen atoms in total. The lowest BCUT2D eigenvalue weighted by molar-refractivity contribution is -0.384. The molecule has 0 radical (unpaired) electrons. The SMILES string of the molecule is O=[N+]([O-])c1cccc(-c2csc(Nc3ccccc3F)n2)c1. The Bertz CT molecular complexity index is 835. The van der Waals surface area contributed by atoms with Crippen molar-refractivity contribution in [3.63, 3.8) is 0 Å². The number of nitro benzene ring substituents is 1. The molecule has 1 N–H and O–H groups in total. The number of anilines is 2. The third-order valence-electron chi connectivity index (χ3n) is 2.97. The van der Waals surface area contributed by atoms with Crippen LogP contribution in [0.15, 0.2) is 53.9 Å². The Morgan fingerprint density at radius 2 is 2.00 bits per heavy atom. The number of halogens is 1. The number of thiazole rings is 1. The molecule has 0 aliphatic rings. The predicted molar refractivity (Wildman–Crippen MR) is 83.9 cm³/mol. The predicted octanol–water partition coefficient (Wildman–Crippen LogP) is 4.60. The fraction of sp³-hybridized carbons (Fsp3) is 0. The lowest BCUT2D eigenvalue weighted by atomic mass is 10.1. The van der Waals surface area contributed by atoms with Gasteiger partial charge in [0.05, 0.1) is 16.3 Å². The van der Waals surface area contributed by atoms with E-state index >= 15 is 0 Å². The van der Waals surface area contributed by atoms with E-state index in [4.69, 9.17) is 0 Å². The Morgan fingerprint density at radius 1 is 1.18 bits per heavy atom. The molecular formula is C15H10FN3O2S. The number of aromatic nitrogens is 1. The molecule has 0 amide bonds. The van der Waals surface area contributed by atoms with Crippen LogP contribution in [0, 0.1) is 15.9 Å². The van der Waals surface area contributed by atoms with Crippen LogP contribution < -0.4 is 5.32 Å². The maximum absolute atomic E-state index is 13.6. The number of hydrogen-bond donors (Lipinski definition) is 1. The number of para-hydroxylation sites is 1. The van der Waals surface area contributed by atoms with Gasteiger partial charge >= 0.3 is 0 Å². The third-order valence-corrected chi connectivity index (χ3v) is 3.73. The van der Waals surface area contributed by atoms with E-state index in [1.807, 2.05) is 0 Å². The Balaban J connectivity index is 1.86. The van der Waals surface area contributed by atoms with Crippen LogP contribution in [0.1, 0.15) is 0 Å². The molecule has 1 heterocycles. The maximum Gasteiger partial charge on any atom is 0.270 e. The Hall–Kier alpha value is -2.80. The highest BCUT2D eigenvalue weighted by Crippen LogP contribution is 2.29. The Morgan fingerprint density at radius 3 is 2.77 bits per heavy atom. The van der Waals surface area contributed by atoms with Crippen LogP contribution in [-0.4, -0.2) is 9.91 Å². The van der Waals surface area contributed by atoms with Crippen LogP contribution in [0.4, 0.5) is 20.9 Å². The van der Waals surface area contributed by atoms with Gasteiger partial charge in [0.15, 0.2) is 5.13 Å². The second-order valence-electron chi connectivity index (χ2n) is 4.45. The second kappa shape index (κ2) is 5.90. The average Bonchev–Trinajstić information content (AvgIpc) is 2.98. The number of nitrogens with zero attached hydrogens (tertiary/aromatic N) is 2. The van der Waals surface area contributed by atoms with Crippen molar-refractivity contribution in [2.45, 2.75) is 0 Å². The Labute approximate surface area is 129 Å². The van der Waals surface area contributed by atoms with E-state index in [1.54, 1.807) is 35.7 Å². The summed E-state index contributed by atoms with van der Waals surface area (Å²) >= 11 is 1.30. The summed E-state index contributed by atoms with van der Waals surface area (Å²) < 4.78 is 13.6. The third kappa shape index (κ3) is 2.94. The molecule has 7 heteroatoms. The summed E-state index contributed by atoms with van der Waals surface area (Å²) in [5.74, 6) is -0.366. The van der Waals surface area contributed by atoms with E-state index < -0.39 is 4.92 Å². The fourth-order valence-corrected chi connectivity index (χ4v) is 2.65. The van der Waals surface area contributed by atoms with Gasteiger partial charge in [-0.05, 0) is 12.1 Å². The van der Waals surface area contributed by atoms with E-state index in [2.05, 4.69) is 10.3 Å². The average molecular weight is 315 g/mol. The minimum absolute atomic E-state index is 0.00844. The Kier molecular flexibility index (Phi) is 3.80. The van der Waals surface area contributed by atoms with Crippen molar-refractivity contribution >= 4 is 27.8 Å². The highest BCUT2D eigenvalue weighted by molar-refractivity contribution is 7.14. The maximum atomic E-state index is 13.6. The summed E-state index contributed by atoms with van der Waals surface area (Å²) in [5.41, 5.74) is 1.59. The molecule has 0 saturated carbocycles. The van der Waals surface area contributed by atoms with Gasteiger partial charge in [-0.3, -0.25) is 10.1 Å². The molecule has 0 unspecified atom stereocenters. The van der Waals surface area contributed by atoms with Crippen molar-refractivity contribution in [2.75, 3.05) is 5.32 Å². The van der Waals surface area contributed by atoms with Gasteiger partial charge in [-0.1, -0.05) is 24.3 Å². The van der Waals surface area contributed by atoms with Crippen LogP contribution in [0.25, 0.3) is 11.3 Å². The summed E-state index contributed by atoms with van der Waals surface area (Å²) in [5, 5.41) is 16.0. The van der Waals surface area contributed by atoms with Crippen molar-refractivity contribution in [1.29, 1.82) is 0 Å². The first-order chi connectivity index (χ1) is 10.6. The fourth-order valence-electron chi connectivity index (χ4n) is 1.92. The number of nitrogens with one attached hydrogen (secondary N) is 1. The summed E-state index contributed by atoms with van der Waals surface area (Å²) in [4.78, 5) is 14.7. The van der Waals surface area contributed by atoms with Gasteiger partial charge in [-0.15, -0.1) is 11.3 Å². The van der Waals surface area contributed by atoms with Crippen molar-refractivity contribution in [2.24, 2.45) is 0 Å². The first-order valence-electron chi connectivity index (χ1n) is 6.35. The normalized spacial score (nSPS) is 10.4. The molecule has 2 aromatic carbocycles. The summed E-state index contributed by atoms with van der Waals surface area (Å²) in [6.45, 7) is 0. The molecule has 0 atom stereocenters. The first-order valence-corrected chi connectivity index (χ1v) is 7.23. The van der Waals surface area contributed by atoms with Crippen LogP contribution in [0.2, 0.25) is 0 Å². The van der Waals surface area contributed by atoms with Crippen molar-refractivity contribution in [3.05, 3.63) is 69.8 Å². The number of benzene rings is 2. The van der Waals surface area contributed by atoms with Gasteiger partial charge in [0.2, 0.25) is 0 Å². The first kappa shape index (κ1) is 14.2. The zero-order chi connectivity index (χ0) is 15.5. The molecule has 0 spiro atoms. The van der Waals surface area contributed by atoms with Gasteiger partial charge in [0.1, 0.15) is 5.82 Å². The smallest absolute Gasteiger partial charge is 0.270 e. The van der Waals surface area contributed by atoms with E-state index in [-0.39, 0.29) is 11.5 Å². The van der Waals surface area contributed by atoms with E-state index in [1.165, 1.54) is 29.5 Å². The lowest BCUT2D eigenvalue weighted by Crippen LogP contribution is -1.93. The molecule has 0 saturated heterocycles. The van der Waals surface area contributed by atoms with Crippen LogP contribution >= 0.6 is 11.3 Å². The number of rotatable bonds is 4. The van der Waals surface area contributed by atoms with Crippen molar-refractivity contribution < 1.29 is 9.31 Å².